The highest BCUT2D eigenvalue weighted by atomic mass is 35.5. The molecule has 1 N–H and O–H groups in total. The van der Waals surface area contributed by atoms with Crippen LogP contribution in [-0.2, 0) is 6.42 Å². The molecular formula is C10H7ClN2. The van der Waals surface area contributed by atoms with Crippen LogP contribution in [0.3, 0.4) is 0 Å². The lowest BCUT2D eigenvalue weighted by Gasteiger charge is -1.94. The van der Waals surface area contributed by atoms with Crippen molar-refractivity contribution in [2.75, 3.05) is 0 Å². The molecule has 3 heteroatoms. The fourth-order valence-corrected chi connectivity index (χ4v) is 1.55. The standard InChI is InChI=1S/C10H7ClN2/c11-9-6-13-10-2-1-7(3-4-12)5-8(9)10/h1-2,5-6,13H,3H2. The van der Waals surface area contributed by atoms with Crippen LogP contribution in [0, 0.1) is 11.3 Å². The van der Waals surface area contributed by atoms with Gasteiger partial charge in [-0.3, -0.25) is 0 Å². The second kappa shape index (κ2) is 3.12. The van der Waals surface area contributed by atoms with Crippen molar-refractivity contribution >= 4 is 22.5 Å². The molecule has 0 aliphatic heterocycles. The lowest BCUT2D eigenvalue weighted by Crippen LogP contribution is -1.79. The Morgan fingerprint density at radius 1 is 1.46 bits per heavy atom. The maximum atomic E-state index is 8.52. The number of halogens is 1. The molecule has 1 aromatic heterocycles. The van der Waals surface area contributed by atoms with Gasteiger partial charge < -0.3 is 4.98 Å². The lowest BCUT2D eigenvalue weighted by atomic mass is 10.1. The van der Waals surface area contributed by atoms with Crippen molar-refractivity contribution in [2.24, 2.45) is 0 Å². The van der Waals surface area contributed by atoms with E-state index in [1.165, 1.54) is 0 Å². The van der Waals surface area contributed by atoms with E-state index in [2.05, 4.69) is 11.1 Å². The second-order valence-corrected chi connectivity index (χ2v) is 3.26. The summed E-state index contributed by atoms with van der Waals surface area (Å²) in [6.45, 7) is 0. The Morgan fingerprint density at radius 2 is 2.31 bits per heavy atom. The Morgan fingerprint density at radius 3 is 3.08 bits per heavy atom. The predicted molar refractivity (Wildman–Crippen MR) is 52.6 cm³/mol. The van der Waals surface area contributed by atoms with Crippen LogP contribution in [0.1, 0.15) is 5.56 Å². The minimum Gasteiger partial charge on any atom is -0.360 e. The molecule has 2 rings (SSSR count). The number of hydrogen-bond donors (Lipinski definition) is 1. The molecule has 0 aliphatic carbocycles. The Bertz CT molecular complexity index is 479. The quantitative estimate of drug-likeness (QED) is 0.738. The summed E-state index contributed by atoms with van der Waals surface area (Å²) in [4.78, 5) is 3.04. The SMILES string of the molecule is N#CCc1ccc2[nH]cc(Cl)c2c1. The van der Waals surface area contributed by atoms with Gasteiger partial charge in [-0.25, -0.2) is 0 Å². The van der Waals surface area contributed by atoms with Gasteiger partial charge in [-0.05, 0) is 17.7 Å². The summed E-state index contributed by atoms with van der Waals surface area (Å²) in [5.41, 5.74) is 2.00. The van der Waals surface area contributed by atoms with Crippen molar-refractivity contribution in [3.63, 3.8) is 0 Å². The molecule has 2 nitrogen and oxygen atoms in total. The molecule has 0 unspecified atom stereocenters. The molecule has 0 aliphatic rings. The molecule has 0 bridgehead atoms. The van der Waals surface area contributed by atoms with Crippen molar-refractivity contribution in [3.8, 4) is 6.07 Å². The highest BCUT2D eigenvalue weighted by molar-refractivity contribution is 6.35. The van der Waals surface area contributed by atoms with Gasteiger partial charge >= 0.3 is 0 Å². The van der Waals surface area contributed by atoms with E-state index >= 15 is 0 Å². The zero-order valence-electron chi connectivity index (χ0n) is 6.84. The summed E-state index contributed by atoms with van der Waals surface area (Å²) in [6, 6.07) is 7.92. The number of fused-ring (bicyclic) bond motifs is 1. The largest absolute Gasteiger partial charge is 0.360 e. The number of H-pyrrole nitrogens is 1. The van der Waals surface area contributed by atoms with Crippen LogP contribution in [-0.4, -0.2) is 4.98 Å². The number of rotatable bonds is 1. The van der Waals surface area contributed by atoms with E-state index in [0.717, 1.165) is 16.5 Å². The van der Waals surface area contributed by atoms with Gasteiger partial charge in [-0.15, -0.1) is 0 Å². The minimum atomic E-state index is 0.428. The molecule has 0 spiro atoms. The molecule has 2 aromatic rings. The zero-order chi connectivity index (χ0) is 9.26. The van der Waals surface area contributed by atoms with E-state index in [-0.39, 0.29) is 0 Å². The molecule has 0 saturated heterocycles. The monoisotopic (exact) mass is 190 g/mol. The number of benzene rings is 1. The first-order valence-corrected chi connectivity index (χ1v) is 4.31. The van der Waals surface area contributed by atoms with Crippen molar-refractivity contribution in [3.05, 3.63) is 35.0 Å². The second-order valence-electron chi connectivity index (χ2n) is 2.85. The zero-order valence-corrected chi connectivity index (χ0v) is 7.60. The van der Waals surface area contributed by atoms with Crippen LogP contribution >= 0.6 is 11.6 Å². The summed E-state index contributed by atoms with van der Waals surface area (Å²) in [7, 11) is 0. The molecule has 0 saturated carbocycles. The first-order chi connectivity index (χ1) is 6.31. The van der Waals surface area contributed by atoms with Gasteiger partial charge in [0.05, 0.1) is 17.5 Å². The maximum absolute atomic E-state index is 8.52. The number of nitriles is 1. The van der Waals surface area contributed by atoms with Gasteiger partial charge in [0.25, 0.3) is 0 Å². The molecule has 13 heavy (non-hydrogen) atoms. The predicted octanol–water partition coefficient (Wildman–Crippen LogP) is 2.89. The minimum absolute atomic E-state index is 0.428. The van der Waals surface area contributed by atoms with E-state index in [4.69, 9.17) is 16.9 Å². The Labute approximate surface area is 80.7 Å². The molecule has 1 heterocycles. The smallest absolute Gasteiger partial charge is 0.0669 e. The summed E-state index contributed by atoms with van der Waals surface area (Å²) < 4.78 is 0. The van der Waals surface area contributed by atoms with Crippen LogP contribution < -0.4 is 0 Å². The molecular weight excluding hydrogens is 184 g/mol. The number of aromatic amines is 1. The van der Waals surface area contributed by atoms with E-state index in [1.807, 2.05) is 18.2 Å². The topological polar surface area (TPSA) is 39.6 Å². The van der Waals surface area contributed by atoms with Gasteiger partial charge in [0.15, 0.2) is 0 Å². The number of nitrogens with one attached hydrogen (secondary N) is 1. The molecule has 0 radical (unpaired) electrons. The van der Waals surface area contributed by atoms with Crippen molar-refractivity contribution in [1.29, 1.82) is 5.26 Å². The highest BCUT2D eigenvalue weighted by Crippen LogP contribution is 2.23. The lowest BCUT2D eigenvalue weighted by molar-refractivity contribution is 1.27. The summed E-state index contributed by atoms with van der Waals surface area (Å²) in [5, 5.41) is 10.2. The van der Waals surface area contributed by atoms with E-state index in [9.17, 15) is 0 Å². The number of aromatic nitrogens is 1. The average Bonchev–Trinajstić information content (AvgIpc) is 2.49. The van der Waals surface area contributed by atoms with Gasteiger partial charge in [0.2, 0.25) is 0 Å². The Kier molecular flexibility index (Phi) is 1.96. The van der Waals surface area contributed by atoms with Gasteiger partial charge in [-0.2, -0.15) is 5.26 Å². The van der Waals surface area contributed by atoms with Crippen LogP contribution in [0.2, 0.25) is 5.02 Å². The number of hydrogen-bond acceptors (Lipinski definition) is 1. The van der Waals surface area contributed by atoms with Crippen LogP contribution in [0.25, 0.3) is 10.9 Å². The molecule has 0 atom stereocenters. The summed E-state index contributed by atoms with van der Waals surface area (Å²) in [6.07, 6.45) is 2.18. The van der Waals surface area contributed by atoms with E-state index in [0.29, 0.717) is 11.4 Å². The number of nitrogens with zero attached hydrogens (tertiary/aromatic N) is 1. The highest BCUT2D eigenvalue weighted by Gasteiger charge is 2.01. The van der Waals surface area contributed by atoms with Crippen LogP contribution in [0.15, 0.2) is 24.4 Å². The van der Waals surface area contributed by atoms with E-state index in [1.54, 1.807) is 6.20 Å². The third kappa shape index (κ3) is 1.39. The van der Waals surface area contributed by atoms with E-state index < -0.39 is 0 Å². The van der Waals surface area contributed by atoms with Crippen molar-refractivity contribution in [1.82, 2.24) is 4.98 Å². The third-order valence-electron chi connectivity index (χ3n) is 1.98. The van der Waals surface area contributed by atoms with Crippen molar-refractivity contribution in [2.45, 2.75) is 6.42 Å². The Hall–Kier alpha value is -1.46. The van der Waals surface area contributed by atoms with Crippen LogP contribution in [0.4, 0.5) is 0 Å². The maximum Gasteiger partial charge on any atom is 0.0669 e. The molecule has 0 amide bonds. The fraction of sp³-hybridized carbons (Fsp3) is 0.100. The summed E-state index contributed by atoms with van der Waals surface area (Å²) >= 11 is 5.93. The van der Waals surface area contributed by atoms with Gasteiger partial charge in [0.1, 0.15) is 0 Å². The Balaban J connectivity index is 2.60. The molecule has 64 valence electrons. The summed E-state index contributed by atoms with van der Waals surface area (Å²) in [5.74, 6) is 0. The molecule has 0 fully saturated rings. The van der Waals surface area contributed by atoms with Crippen LogP contribution in [0.5, 0.6) is 0 Å². The molecule has 1 aromatic carbocycles. The average molecular weight is 191 g/mol. The van der Waals surface area contributed by atoms with Gasteiger partial charge in [-0.1, -0.05) is 17.7 Å². The van der Waals surface area contributed by atoms with Crippen molar-refractivity contribution < 1.29 is 0 Å². The first kappa shape index (κ1) is 8.15. The first-order valence-electron chi connectivity index (χ1n) is 3.94. The normalized spacial score (nSPS) is 10.2. The van der Waals surface area contributed by atoms with Gasteiger partial charge in [0, 0.05) is 17.1 Å². The fourth-order valence-electron chi connectivity index (χ4n) is 1.33. The third-order valence-corrected chi connectivity index (χ3v) is 2.29.